The molecule has 0 saturated carbocycles. The van der Waals surface area contributed by atoms with E-state index in [1.165, 1.54) is 53.5 Å². The second-order valence-corrected chi connectivity index (χ2v) is 6.19. The quantitative estimate of drug-likeness (QED) is 0.661. The van der Waals surface area contributed by atoms with E-state index in [1.54, 1.807) is 11.1 Å². The van der Waals surface area contributed by atoms with Gasteiger partial charge in [0.25, 0.3) is 0 Å². The maximum atomic E-state index is 2.34. The Morgan fingerprint density at radius 1 is 0.800 bits per heavy atom. The van der Waals surface area contributed by atoms with Gasteiger partial charge in [0.15, 0.2) is 0 Å². The van der Waals surface area contributed by atoms with Gasteiger partial charge < -0.3 is 0 Å². The summed E-state index contributed by atoms with van der Waals surface area (Å²) in [6.45, 7) is 2.24. The summed E-state index contributed by atoms with van der Waals surface area (Å²) in [4.78, 5) is 0. The second-order valence-electron chi connectivity index (χ2n) is 6.19. The van der Waals surface area contributed by atoms with Crippen molar-refractivity contribution in [3.63, 3.8) is 0 Å². The van der Waals surface area contributed by atoms with Gasteiger partial charge >= 0.3 is 0 Å². The molecule has 2 aliphatic rings. The SMILES string of the molecule is CC1=Cc2cccc(-c3cccc4c3CCCC4)c2C1. The summed E-state index contributed by atoms with van der Waals surface area (Å²) in [5, 5.41) is 0. The van der Waals surface area contributed by atoms with Crippen molar-refractivity contribution in [3.8, 4) is 11.1 Å². The molecule has 0 heterocycles. The highest BCUT2D eigenvalue weighted by atomic mass is 14.2. The van der Waals surface area contributed by atoms with Crippen LogP contribution in [0.2, 0.25) is 0 Å². The van der Waals surface area contributed by atoms with Crippen molar-refractivity contribution < 1.29 is 0 Å². The molecule has 0 amide bonds. The van der Waals surface area contributed by atoms with Crippen LogP contribution < -0.4 is 0 Å². The average molecular weight is 260 g/mol. The summed E-state index contributed by atoms with van der Waals surface area (Å²) in [7, 11) is 0. The first-order valence-electron chi connectivity index (χ1n) is 7.73. The molecule has 0 aromatic heterocycles. The molecule has 0 atom stereocenters. The molecule has 100 valence electrons. The van der Waals surface area contributed by atoms with Crippen LogP contribution in [0.3, 0.4) is 0 Å². The topological polar surface area (TPSA) is 0 Å². The number of hydrogen-bond donors (Lipinski definition) is 0. The molecular weight excluding hydrogens is 240 g/mol. The van der Waals surface area contributed by atoms with Crippen LogP contribution in [0.25, 0.3) is 17.2 Å². The predicted molar refractivity (Wildman–Crippen MR) is 85.9 cm³/mol. The fourth-order valence-electron chi connectivity index (χ4n) is 3.82. The number of rotatable bonds is 1. The Morgan fingerprint density at radius 3 is 2.45 bits per heavy atom. The van der Waals surface area contributed by atoms with E-state index < -0.39 is 0 Å². The van der Waals surface area contributed by atoms with Crippen LogP contribution in [0.4, 0.5) is 0 Å². The van der Waals surface area contributed by atoms with E-state index >= 15 is 0 Å². The molecule has 0 heteroatoms. The van der Waals surface area contributed by atoms with Crippen LogP contribution in [-0.4, -0.2) is 0 Å². The summed E-state index contributed by atoms with van der Waals surface area (Å²) in [5.41, 5.74) is 10.6. The number of allylic oxidation sites excluding steroid dienone is 1. The van der Waals surface area contributed by atoms with Gasteiger partial charge in [-0.1, -0.05) is 48.0 Å². The van der Waals surface area contributed by atoms with Gasteiger partial charge in [0.2, 0.25) is 0 Å². The second kappa shape index (κ2) is 4.63. The molecule has 2 aromatic carbocycles. The average Bonchev–Trinajstić information content (AvgIpc) is 2.87. The number of hydrogen-bond acceptors (Lipinski definition) is 0. The van der Waals surface area contributed by atoms with Gasteiger partial charge in [-0.25, -0.2) is 0 Å². The molecule has 0 bridgehead atoms. The molecule has 0 aliphatic heterocycles. The zero-order valence-corrected chi connectivity index (χ0v) is 12.1. The Balaban J connectivity index is 1.90. The van der Waals surface area contributed by atoms with Crippen LogP contribution in [0.1, 0.15) is 42.0 Å². The van der Waals surface area contributed by atoms with E-state index in [0.717, 1.165) is 6.42 Å². The molecule has 0 N–H and O–H groups in total. The molecule has 0 nitrogen and oxygen atoms in total. The summed E-state index contributed by atoms with van der Waals surface area (Å²) in [6, 6.07) is 13.7. The van der Waals surface area contributed by atoms with Crippen molar-refractivity contribution in [2.45, 2.75) is 39.0 Å². The first kappa shape index (κ1) is 12.0. The molecule has 4 rings (SSSR count). The van der Waals surface area contributed by atoms with Gasteiger partial charge in [-0.3, -0.25) is 0 Å². The lowest BCUT2D eigenvalue weighted by Gasteiger charge is -2.21. The minimum absolute atomic E-state index is 1.12. The first-order valence-corrected chi connectivity index (χ1v) is 7.73. The number of fused-ring (bicyclic) bond motifs is 2. The lowest BCUT2D eigenvalue weighted by Crippen LogP contribution is -2.05. The molecule has 0 saturated heterocycles. The Labute approximate surface area is 121 Å². The third-order valence-corrected chi connectivity index (χ3v) is 4.76. The van der Waals surface area contributed by atoms with Crippen molar-refractivity contribution in [1.29, 1.82) is 0 Å². The largest absolute Gasteiger partial charge is 0.0683 e. The molecular formula is C20H20. The molecule has 0 spiro atoms. The van der Waals surface area contributed by atoms with E-state index in [4.69, 9.17) is 0 Å². The zero-order valence-electron chi connectivity index (χ0n) is 12.1. The number of benzene rings is 2. The summed E-state index contributed by atoms with van der Waals surface area (Å²) >= 11 is 0. The van der Waals surface area contributed by atoms with Crippen molar-refractivity contribution in [2.24, 2.45) is 0 Å². The summed E-state index contributed by atoms with van der Waals surface area (Å²) in [5.74, 6) is 0. The highest BCUT2D eigenvalue weighted by molar-refractivity contribution is 5.79. The minimum atomic E-state index is 1.12. The standard InChI is InChI=1S/C20H20/c1-14-12-16-8-5-11-19(20(16)13-14)18-10-4-7-15-6-2-3-9-17(15)18/h4-5,7-8,10-12H,2-3,6,9,13H2,1H3. The maximum absolute atomic E-state index is 2.34. The highest BCUT2D eigenvalue weighted by Gasteiger charge is 2.19. The fourth-order valence-corrected chi connectivity index (χ4v) is 3.82. The normalized spacial score (nSPS) is 16.6. The highest BCUT2D eigenvalue weighted by Crippen LogP contribution is 2.37. The Morgan fingerprint density at radius 2 is 1.55 bits per heavy atom. The monoisotopic (exact) mass is 260 g/mol. The predicted octanol–water partition coefficient (Wildman–Crippen LogP) is 5.19. The van der Waals surface area contributed by atoms with Crippen molar-refractivity contribution >= 4 is 6.08 Å². The van der Waals surface area contributed by atoms with E-state index in [1.807, 2.05) is 0 Å². The Hall–Kier alpha value is -1.82. The van der Waals surface area contributed by atoms with Gasteiger partial charge in [-0.15, -0.1) is 0 Å². The number of aryl methyl sites for hydroxylation is 1. The lowest BCUT2D eigenvalue weighted by atomic mass is 9.84. The van der Waals surface area contributed by atoms with E-state index in [0.29, 0.717) is 0 Å². The summed E-state index contributed by atoms with van der Waals surface area (Å²) in [6.07, 6.45) is 8.67. The molecule has 0 radical (unpaired) electrons. The van der Waals surface area contributed by atoms with Crippen LogP contribution in [0.15, 0.2) is 42.0 Å². The third kappa shape index (κ3) is 1.83. The van der Waals surface area contributed by atoms with Gasteiger partial charge in [0, 0.05) is 0 Å². The molecule has 0 unspecified atom stereocenters. The molecule has 2 aromatic rings. The Kier molecular flexibility index (Phi) is 2.77. The van der Waals surface area contributed by atoms with Gasteiger partial charge in [0.1, 0.15) is 0 Å². The summed E-state index contributed by atoms with van der Waals surface area (Å²) < 4.78 is 0. The van der Waals surface area contributed by atoms with E-state index in [2.05, 4.69) is 49.4 Å². The minimum Gasteiger partial charge on any atom is -0.0683 e. The van der Waals surface area contributed by atoms with Crippen LogP contribution in [0, 0.1) is 0 Å². The molecule has 0 fully saturated rings. The van der Waals surface area contributed by atoms with Crippen molar-refractivity contribution in [3.05, 3.63) is 64.2 Å². The van der Waals surface area contributed by atoms with Crippen LogP contribution in [0.5, 0.6) is 0 Å². The molecule has 20 heavy (non-hydrogen) atoms. The third-order valence-electron chi connectivity index (χ3n) is 4.76. The lowest BCUT2D eigenvalue weighted by molar-refractivity contribution is 0.687. The van der Waals surface area contributed by atoms with Gasteiger partial charge in [-0.2, -0.15) is 0 Å². The smallest absolute Gasteiger partial charge is 0.00544 e. The maximum Gasteiger partial charge on any atom is -0.00544 e. The van der Waals surface area contributed by atoms with Crippen LogP contribution in [-0.2, 0) is 19.3 Å². The van der Waals surface area contributed by atoms with Gasteiger partial charge in [0.05, 0.1) is 0 Å². The van der Waals surface area contributed by atoms with Crippen LogP contribution >= 0.6 is 0 Å². The fraction of sp³-hybridized carbons (Fsp3) is 0.300. The zero-order chi connectivity index (χ0) is 13.5. The first-order chi connectivity index (χ1) is 9.83. The van der Waals surface area contributed by atoms with Crippen molar-refractivity contribution in [2.75, 3.05) is 0 Å². The van der Waals surface area contributed by atoms with E-state index in [9.17, 15) is 0 Å². The Bertz CT molecular complexity index is 704. The van der Waals surface area contributed by atoms with Gasteiger partial charge in [-0.05, 0) is 72.4 Å². The molecule has 2 aliphatic carbocycles. The van der Waals surface area contributed by atoms with E-state index in [-0.39, 0.29) is 0 Å². The van der Waals surface area contributed by atoms with Crippen molar-refractivity contribution in [1.82, 2.24) is 0 Å².